The fourth-order valence-electron chi connectivity index (χ4n) is 1.20. The Balaban J connectivity index is 2.01. The molecule has 4 nitrogen and oxygen atoms in total. The smallest absolute Gasteiger partial charge is 0.225 e. The van der Waals surface area contributed by atoms with Crippen LogP contribution in [0, 0.1) is 11.7 Å². The van der Waals surface area contributed by atoms with E-state index in [0.717, 1.165) is 19.0 Å². The van der Waals surface area contributed by atoms with E-state index in [2.05, 4.69) is 15.3 Å². The SMILES string of the molecule is O=C(CC1CC1)Nc1nc(Cl)ncc1F. The van der Waals surface area contributed by atoms with E-state index in [0.29, 0.717) is 12.3 Å². The molecule has 1 aromatic rings. The average molecular weight is 230 g/mol. The molecule has 15 heavy (non-hydrogen) atoms. The number of aromatic nitrogens is 2. The van der Waals surface area contributed by atoms with Gasteiger partial charge in [0.1, 0.15) is 0 Å². The van der Waals surface area contributed by atoms with Crippen molar-refractivity contribution in [1.82, 2.24) is 9.97 Å². The number of nitrogens with zero attached hydrogens (tertiary/aromatic N) is 2. The van der Waals surface area contributed by atoms with Crippen molar-refractivity contribution in [2.45, 2.75) is 19.3 Å². The minimum Gasteiger partial charge on any atom is -0.308 e. The van der Waals surface area contributed by atoms with Gasteiger partial charge in [0.2, 0.25) is 11.2 Å². The van der Waals surface area contributed by atoms with Crippen LogP contribution >= 0.6 is 11.6 Å². The Morgan fingerprint density at radius 3 is 3.07 bits per heavy atom. The number of hydrogen-bond acceptors (Lipinski definition) is 3. The molecular formula is C9H9ClFN3O. The number of amides is 1. The monoisotopic (exact) mass is 229 g/mol. The average Bonchev–Trinajstić information content (AvgIpc) is 2.95. The van der Waals surface area contributed by atoms with Crippen molar-refractivity contribution in [1.29, 1.82) is 0 Å². The van der Waals surface area contributed by atoms with Gasteiger partial charge in [-0.1, -0.05) is 0 Å². The van der Waals surface area contributed by atoms with Gasteiger partial charge in [-0.25, -0.2) is 9.37 Å². The third-order valence-electron chi connectivity index (χ3n) is 2.14. The highest BCUT2D eigenvalue weighted by atomic mass is 35.5. The van der Waals surface area contributed by atoms with Crippen LogP contribution in [0.2, 0.25) is 5.28 Å². The van der Waals surface area contributed by atoms with E-state index >= 15 is 0 Å². The molecule has 0 aliphatic heterocycles. The third kappa shape index (κ3) is 2.86. The number of anilines is 1. The highest BCUT2D eigenvalue weighted by Crippen LogP contribution is 2.32. The van der Waals surface area contributed by atoms with Crippen molar-refractivity contribution >= 4 is 23.3 Å². The molecule has 0 atom stereocenters. The predicted octanol–water partition coefficient (Wildman–Crippen LogP) is 2.01. The van der Waals surface area contributed by atoms with E-state index in [1.54, 1.807) is 0 Å². The zero-order valence-electron chi connectivity index (χ0n) is 7.83. The summed E-state index contributed by atoms with van der Waals surface area (Å²) in [5.41, 5.74) is 0. The first-order valence-electron chi connectivity index (χ1n) is 4.63. The standard InChI is InChI=1S/C9H9ClFN3O/c10-9-12-4-6(11)8(14-9)13-7(15)3-5-1-2-5/h4-5H,1-3H2,(H,12,13,14,15). The molecule has 1 saturated carbocycles. The van der Waals surface area contributed by atoms with E-state index in [-0.39, 0.29) is 17.0 Å². The third-order valence-corrected chi connectivity index (χ3v) is 2.33. The first kappa shape index (κ1) is 10.3. The molecule has 2 rings (SSSR count). The molecular weight excluding hydrogens is 221 g/mol. The number of halogens is 2. The summed E-state index contributed by atoms with van der Waals surface area (Å²) in [5.74, 6) is -0.610. The van der Waals surface area contributed by atoms with Crippen molar-refractivity contribution in [3.8, 4) is 0 Å². The van der Waals surface area contributed by atoms with Crippen molar-refractivity contribution < 1.29 is 9.18 Å². The van der Waals surface area contributed by atoms with Gasteiger partial charge in [0, 0.05) is 6.42 Å². The summed E-state index contributed by atoms with van der Waals surface area (Å²) < 4.78 is 13.1. The van der Waals surface area contributed by atoms with Gasteiger partial charge in [0.05, 0.1) is 6.20 Å². The van der Waals surface area contributed by atoms with Crippen molar-refractivity contribution in [3.05, 3.63) is 17.3 Å². The molecule has 0 radical (unpaired) electrons. The Hall–Kier alpha value is -1.23. The Morgan fingerprint density at radius 2 is 2.40 bits per heavy atom. The summed E-state index contributed by atoms with van der Waals surface area (Å²) >= 11 is 5.48. The van der Waals surface area contributed by atoms with E-state index in [9.17, 15) is 9.18 Å². The van der Waals surface area contributed by atoms with Gasteiger partial charge in [-0.05, 0) is 30.4 Å². The van der Waals surface area contributed by atoms with Gasteiger partial charge >= 0.3 is 0 Å². The maximum absolute atomic E-state index is 13.1. The van der Waals surface area contributed by atoms with E-state index < -0.39 is 5.82 Å². The number of carbonyl (C=O) groups excluding carboxylic acids is 1. The topological polar surface area (TPSA) is 54.9 Å². The van der Waals surface area contributed by atoms with Crippen molar-refractivity contribution in [2.24, 2.45) is 5.92 Å². The summed E-state index contributed by atoms with van der Waals surface area (Å²) in [5, 5.41) is 2.29. The molecule has 0 aromatic carbocycles. The second-order valence-electron chi connectivity index (χ2n) is 3.53. The quantitative estimate of drug-likeness (QED) is 0.807. The van der Waals surface area contributed by atoms with Crippen LogP contribution in [0.15, 0.2) is 6.20 Å². The van der Waals surface area contributed by atoms with Gasteiger partial charge in [-0.2, -0.15) is 4.98 Å². The van der Waals surface area contributed by atoms with Crippen molar-refractivity contribution in [3.63, 3.8) is 0 Å². The highest BCUT2D eigenvalue weighted by Gasteiger charge is 2.24. The summed E-state index contributed by atoms with van der Waals surface area (Å²) in [4.78, 5) is 18.4. The van der Waals surface area contributed by atoms with E-state index in [1.165, 1.54) is 0 Å². The number of nitrogens with one attached hydrogen (secondary N) is 1. The van der Waals surface area contributed by atoms with Crippen LogP contribution in [0.1, 0.15) is 19.3 Å². The van der Waals surface area contributed by atoms with Crippen LogP contribution in [0.25, 0.3) is 0 Å². The number of hydrogen-bond donors (Lipinski definition) is 1. The van der Waals surface area contributed by atoms with Crippen LogP contribution < -0.4 is 5.32 Å². The van der Waals surface area contributed by atoms with Gasteiger partial charge in [0.15, 0.2) is 11.6 Å². The van der Waals surface area contributed by atoms with Crippen molar-refractivity contribution in [2.75, 3.05) is 5.32 Å². The summed E-state index contributed by atoms with van der Waals surface area (Å²) in [7, 11) is 0. The lowest BCUT2D eigenvalue weighted by Crippen LogP contribution is -2.14. The highest BCUT2D eigenvalue weighted by molar-refractivity contribution is 6.28. The summed E-state index contributed by atoms with van der Waals surface area (Å²) in [6.45, 7) is 0. The molecule has 0 spiro atoms. The fraction of sp³-hybridized carbons (Fsp3) is 0.444. The maximum Gasteiger partial charge on any atom is 0.225 e. The van der Waals surface area contributed by atoms with Crippen LogP contribution in [-0.4, -0.2) is 15.9 Å². The van der Waals surface area contributed by atoms with Gasteiger partial charge in [0.25, 0.3) is 0 Å². The second kappa shape index (κ2) is 4.10. The Morgan fingerprint density at radius 1 is 1.67 bits per heavy atom. The molecule has 1 amide bonds. The molecule has 6 heteroatoms. The predicted molar refractivity (Wildman–Crippen MR) is 53.0 cm³/mol. The molecule has 0 saturated heterocycles. The lowest BCUT2D eigenvalue weighted by Gasteiger charge is -2.04. The molecule has 1 heterocycles. The molecule has 1 aliphatic rings. The first-order valence-corrected chi connectivity index (χ1v) is 5.01. The Bertz CT molecular complexity index is 395. The minimum atomic E-state index is -0.677. The summed E-state index contributed by atoms with van der Waals surface area (Å²) in [6, 6.07) is 0. The normalized spacial score (nSPS) is 15.1. The zero-order chi connectivity index (χ0) is 10.8. The minimum absolute atomic E-state index is 0.0851. The van der Waals surface area contributed by atoms with Crippen LogP contribution in [0.5, 0.6) is 0 Å². The first-order chi connectivity index (χ1) is 7.15. The number of rotatable bonds is 3. The number of carbonyl (C=O) groups is 1. The van der Waals surface area contributed by atoms with Gasteiger partial charge in [-0.3, -0.25) is 4.79 Å². The summed E-state index contributed by atoms with van der Waals surface area (Å²) in [6.07, 6.45) is 3.49. The van der Waals surface area contributed by atoms with Gasteiger partial charge in [-0.15, -0.1) is 0 Å². The van der Waals surface area contributed by atoms with Crippen LogP contribution in [0.3, 0.4) is 0 Å². The van der Waals surface area contributed by atoms with Gasteiger partial charge < -0.3 is 5.32 Å². The van der Waals surface area contributed by atoms with Crippen LogP contribution in [-0.2, 0) is 4.79 Å². The second-order valence-corrected chi connectivity index (χ2v) is 3.87. The van der Waals surface area contributed by atoms with Crippen LogP contribution in [0.4, 0.5) is 10.2 Å². The zero-order valence-corrected chi connectivity index (χ0v) is 8.59. The van der Waals surface area contributed by atoms with E-state index in [4.69, 9.17) is 11.6 Å². The molecule has 1 fully saturated rings. The molecule has 1 aromatic heterocycles. The van der Waals surface area contributed by atoms with E-state index in [1.807, 2.05) is 0 Å². The lowest BCUT2D eigenvalue weighted by atomic mass is 10.3. The molecule has 0 bridgehead atoms. The molecule has 1 aliphatic carbocycles. The maximum atomic E-state index is 13.1. The molecule has 80 valence electrons. The lowest BCUT2D eigenvalue weighted by molar-refractivity contribution is -0.116. The fourth-order valence-corrected chi connectivity index (χ4v) is 1.33. The Labute approximate surface area is 90.9 Å². The molecule has 1 N–H and O–H groups in total. The molecule has 0 unspecified atom stereocenters. The Kier molecular flexibility index (Phi) is 2.81. The largest absolute Gasteiger partial charge is 0.308 e.